The summed E-state index contributed by atoms with van der Waals surface area (Å²) in [6.07, 6.45) is 5.46. The number of hydrogen-bond acceptors (Lipinski definition) is 6. The molecule has 3 aliphatic rings. The number of alkyl halides is 1. The van der Waals surface area contributed by atoms with E-state index in [2.05, 4.69) is 15.4 Å². The number of sulfonamides is 1. The molecule has 2 saturated carbocycles. The third-order valence-electron chi connectivity index (χ3n) is 9.56. The average Bonchev–Trinajstić information content (AvgIpc) is 3.52. The Labute approximate surface area is 258 Å². The van der Waals surface area contributed by atoms with Gasteiger partial charge in [-0.3, -0.25) is 14.3 Å². The Balaban J connectivity index is 1.39. The summed E-state index contributed by atoms with van der Waals surface area (Å²) in [5, 5.41) is 6.16. The van der Waals surface area contributed by atoms with Gasteiger partial charge in [0, 0.05) is 36.5 Å². The third kappa shape index (κ3) is 6.49. The Kier molecular flexibility index (Phi) is 8.61. The Hall–Kier alpha value is -3.05. The van der Waals surface area contributed by atoms with Crippen molar-refractivity contribution in [3.8, 4) is 16.9 Å². The SMILES string of the molecule is CC(C)c1c(F)cccc1-c1cc(C(C)(C)C(=O)NS(C)(=O)=O)ccc1O[C@@H]1CC[C@@H](NC(=O)[C@]2(F)CNC3(CCC3)C2)C1. The van der Waals surface area contributed by atoms with E-state index in [1.165, 1.54) is 6.07 Å². The minimum Gasteiger partial charge on any atom is -0.490 e. The van der Waals surface area contributed by atoms with Gasteiger partial charge >= 0.3 is 0 Å². The summed E-state index contributed by atoms with van der Waals surface area (Å²) in [4.78, 5) is 26.0. The highest BCUT2D eigenvalue weighted by atomic mass is 32.2. The van der Waals surface area contributed by atoms with Crippen molar-refractivity contribution < 1.29 is 31.5 Å². The molecule has 0 aromatic heterocycles. The number of nitrogens with one attached hydrogen (secondary N) is 3. The molecule has 1 saturated heterocycles. The first-order valence-electron chi connectivity index (χ1n) is 15.4. The highest BCUT2D eigenvalue weighted by molar-refractivity contribution is 7.89. The highest BCUT2D eigenvalue weighted by Gasteiger charge is 2.55. The van der Waals surface area contributed by atoms with E-state index < -0.39 is 32.9 Å². The van der Waals surface area contributed by atoms with E-state index in [0.29, 0.717) is 47.3 Å². The van der Waals surface area contributed by atoms with Gasteiger partial charge in [0.05, 0.1) is 11.7 Å². The van der Waals surface area contributed by atoms with Crippen LogP contribution in [0.5, 0.6) is 5.75 Å². The zero-order valence-corrected chi connectivity index (χ0v) is 26.9. The van der Waals surface area contributed by atoms with Crippen molar-refractivity contribution in [1.82, 2.24) is 15.4 Å². The molecule has 5 rings (SSSR count). The topological polar surface area (TPSA) is 114 Å². The van der Waals surface area contributed by atoms with E-state index in [1.807, 2.05) is 13.8 Å². The van der Waals surface area contributed by atoms with Crippen LogP contribution in [0.1, 0.15) is 89.7 Å². The Morgan fingerprint density at radius 1 is 1.11 bits per heavy atom. The molecule has 0 radical (unpaired) electrons. The number of benzene rings is 2. The summed E-state index contributed by atoms with van der Waals surface area (Å²) < 4.78 is 62.9. The molecule has 2 aromatic rings. The third-order valence-corrected chi connectivity index (χ3v) is 10.1. The fourth-order valence-corrected chi connectivity index (χ4v) is 7.39. The number of carbonyl (C=O) groups excluding carboxylic acids is 2. The molecule has 0 bridgehead atoms. The first-order chi connectivity index (χ1) is 20.5. The van der Waals surface area contributed by atoms with E-state index in [-0.39, 0.29) is 42.4 Å². The molecule has 3 fully saturated rings. The van der Waals surface area contributed by atoms with Gasteiger partial charge in [0.1, 0.15) is 17.7 Å². The summed E-state index contributed by atoms with van der Waals surface area (Å²) in [5.74, 6) is -1.31. The Morgan fingerprint density at radius 2 is 1.84 bits per heavy atom. The first-order valence-corrected chi connectivity index (χ1v) is 17.3. The lowest BCUT2D eigenvalue weighted by Crippen LogP contribution is -2.49. The van der Waals surface area contributed by atoms with Crippen molar-refractivity contribution in [3.63, 3.8) is 0 Å². The van der Waals surface area contributed by atoms with Gasteiger partial charge in [0.25, 0.3) is 5.91 Å². The van der Waals surface area contributed by atoms with Gasteiger partial charge < -0.3 is 15.4 Å². The molecule has 3 N–H and O–H groups in total. The van der Waals surface area contributed by atoms with E-state index in [9.17, 15) is 18.0 Å². The van der Waals surface area contributed by atoms with Gasteiger partial charge in [0.15, 0.2) is 0 Å². The molecule has 8 nitrogen and oxygen atoms in total. The van der Waals surface area contributed by atoms with Crippen LogP contribution < -0.4 is 20.1 Å². The van der Waals surface area contributed by atoms with E-state index in [1.54, 1.807) is 44.2 Å². The van der Waals surface area contributed by atoms with Crippen LogP contribution in [0.2, 0.25) is 0 Å². The monoisotopic (exact) mass is 631 g/mol. The molecular formula is C33H43F2N3O5S. The fourth-order valence-electron chi connectivity index (χ4n) is 6.80. The number of hydrogen-bond donors (Lipinski definition) is 3. The smallest absolute Gasteiger partial charge is 0.259 e. The van der Waals surface area contributed by atoms with Crippen LogP contribution in [0.15, 0.2) is 36.4 Å². The maximum absolute atomic E-state index is 15.6. The maximum atomic E-state index is 15.6. The van der Waals surface area contributed by atoms with Crippen molar-refractivity contribution in [1.29, 1.82) is 0 Å². The molecule has 2 amide bonds. The molecule has 1 spiro atoms. The highest BCUT2D eigenvalue weighted by Crippen LogP contribution is 2.45. The second-order valence-electron chi connectivity index (χ2n) is 13.7. The Morgan fingerprint density at radius 3 is 2.45 bits per heavy atom. The normalized spacial score (nSPS) is 24.7. The molecule has 1 aliphatic heterocycles. The van der Waals surface area contributed by atoms with E-state index in [0.717, 1.165) is 25.5 Å². The maximum Gasteiger partial charge on any atom is 0.259 e. The average molecular weight is 632 g/mol. The van der Waals surface area contributed by atoms with Crippen molar-refractivity contribution >= 4 is 21.8 Å². The molecule has 2 aliphatic carbocycles. The molecule has 3 atom stereocenters. The zero-order valence-electron chi connectivity index (χ0n) is 26.1. The van der Waals surface area contributed by atoms with Crippen LogP contribution in [0.25, 0.3) is 11.1 Å². The van der Waals surface area contributed by atoms with Crippen LogP contribution in [-0.2, 0) is 25.0 Å². The minimum absolute atomic E-state index is 0.0333. The van der Waals surface area contributed by atoms with Gasteiger partial charge in [-0.2, -0.15) is 0 Å². The van der Waals surface area contributed by atoms with Crippen molar-refractivity contribution in [2.45, 2.75) is 107 Å². The van der Waals surface area contributed by atoms with Crippen LogP contribution in [0.3, 0.4) is 0 Å². The summed E-state index contributed by atoms with van der Waals surface area (Å²) in [6.45, 7) is 7.06. The minimum atomic E-state index is -3.78. The number of ether oxygens (including phenoxy) is 1. The van der Waals surface area contributed by atoms with Crippen LogP contribution in [-0.4, -0.2) is 56.4 Å². The van der Waals surface area contributed by atoms with Crippen LogP contribution in [0.4, 0.5) is 8.78 Å². The number of amides is 2. The van der Waals surface area contributed by atoms with E-state index >= 15 is 8.78 Å². The fraction of sp³-hybridized carbons (Fsp3) is 0.576. The molecule has 11 heteroatoms. The summed E-state index contributed by atoms with van der Waals surface area (Å²) in [5.41, 5.74) is -1.18. The lowest BCUT2D eigenvalue weighted by atomic mass is 9.74. The predicted molar refractivity (Wildman–Crippen MR) is 165 cm³/mol. The lowest BCUT2D eigenvalue weighted by Gasteiger charge is -2.38. The van der Waals surface area contributed by atoms with Gasteiger partial charge in [0.2, 0.25) is 21.6 Å². The van der Waals surface area contributed by atoms with Crippen molar-refractivity contribution in [3.05, 3.63) is 53.3 Å². The van der Waals surface area contributed by atoms with Gasteiger partial charge in [-0.15, -0.1) is 0 Å². The summed E-state index contributed by atoms with van der Waals surface area (Å²) >= 11 is 0. The second kappa shape index (κ2) is 11.7. The quantitative estimate of drug-likeness (QED) is 0.359. The second-order valence-corrected chi connectivity index (χ2v) is 15.5. The first kappa shape index (κ1) is 32.3. The number of carbonyl (C=O) groups is 2. The number of rotatable bonds is 9. The molecule has 0 unspecified atom stereocenters. The summed E-state index contributed by atoms with van der Waals surface area (Å²) in [6, 6.07) is 9.77. The van der Waals surface area contributed by atoms with Crippen molar-refractivity contribution in [2.75, 3.05) is 12.8 Å². The van der Waals surface area contributed by atoms with Gasteiger partial charge in [-0.1, -0.05) is 32.0 Å². The predicted octanol–water partition coefficient (Wildman–Crippen LogP) is 5.01. The van der Waals surface area contributed by atoms with Gasteiger partial charge in [-0.05, 0) is 86.8 Å². The molecule has 240 valence electrons. The molecule has 44 heavy (non-hydrogen) atoms. The standard InChI is InChI=1S/C33H43F2N3O5S/c1-20(2)28-24(8-6-9-26(28)34)25-16-21(31(3,4)29(39)38-44(5,41)42)10-13-27(25)43-23-12-11-22(17-23)37-30(40)33(35)18-32(36-19-33)14-7-15-32/h6,8-10,13,16,20,22-23,36H,7,11-12,14-15,17-19H2,1-5H3,(H,37,40)(H,38,39)/t22-,23-,33-/m1/s1. The summed E-state index contributed by atoms with van der Waals surface area (Å²) in [7, 11) is -3.78. The van der Waals surface area contributed by atoms with Crippen LogP contribution >= 0.6 is 0 Å². The zero-order chi connectivity index (χ0) is 32.1. The lowest BCUT2D eigenvalue weighted by molar-refractivity contribution is -0.133. The molecule has 2 aromatic carbocycles. The van der Waals surface area contributed by atoms with Crippen molar-refractivity contribution in [2.24, 2.45) is 0 Å². The molecular weight excluding hydrogens is 588 g/mol. The largest absolute Gasteiger partial charge is 0.490 e. The number of halogens is 2. The van der Waals surface area contributed by atoms with Gasteiger partial charge in [-0.25, -0.2) is 17.2 Å². The molecule has 1 heterocycles. The Bertz CT molecular complexity index is 1560. The van der Waals surface area contributed by atoms with E-state index in [4.69, 9.17) is 4.74 Å². The van der Waals surface area contributed by atoms with Crippen LogP contribution in [0, 0.1) is 5.82 Å².